The molecule has 7 heteroatoms. The summed E-state index contributed by atoms with van der Waals surface area (Å²) in [4.78, 5) is 12.6. The van der Waals surface area contributed by atoms with Crippen LogP contribution < -0.4 is 16.8 Å². The summed E-state index contributed by atoms with van der Waals surface area (Å²) in [5.74, 6) is 1.80. The smallest absolute Gasteiger partial charge is 0.141 e. The number of rotatable bonds is 4. The number of aromatic nitrogens is 3. The van der Waals surface area contributed by atoms with Gasteiger partial charge in [0.25, 0.3) is 0 Å². The van der Waals surface area contributed by atoms with Gasteiger partial charge in [-0.3, -0.25) is 0 Å². The van der Waals surface area contributed by atoms with Crippen LogP contribution in [0.25, 0.3) is 0 Å². The van der Waals surface area contributed by atoms with E-state index in [-0.39, 0.29) is 11.9 Å². The van der Waals surface area contributed by atoms with Gasteiger partial charge >= 0.3 is 0 Å². The Kier molecular flexibility index (Phi) is 3.79. The zero-order valence-corrected chi connectivity index (χ0v) is 11.4. The topological polar surface area (TPSA) is 127 Å². The first-order valence-corrected chi connectivity index (χ1v) is 6.15. The molecule has 6 N–H and O–H groups in total. The predicted octanol–water partition coefficient (Wildman–Crippen LogP) is 1.52. The minimum absolute atomic E-state index is 0.120. The van der Waals surface area contributed by atoms with Gasteiger partial charge in [0.15, 0.2) is 0 Å². The second-order valence-corrected chi connectivity index (χ2v) is 4.42. The highest BCUT2D eigenvalue weighted by molar-refractivity contribution is 5.90. The van der Waals surface area contributed by atoms with Crippen LogP contribution in [0.3, 0.4) is 0 Å². The quantitative estimate of drug-likeness (QED) is 0.624. The Balaban J connectivity index is 2.32. The molecule has 0 bridgehead atoms. The Hall–Kier alpha value is -2.70. The highest BCUT2D eigenvalue weighted by atomic mass is 15.1. The Morgan fingerprint density at radius 2 is 2.00 bits per heavy atom. The molecule has 0 saturated heterocycles. The molecule has 0 radical (unpaired) electrons. The minimum atomic E-state index is -0.120. The molecule has 0 saturated carbocycles. The van der Waals surface area contributed by atoms with Gasteiger partial charge in [-0.05, 0) is 26.0 Å². The second kappa shape index (κ2) is 5.52. The lowest BCUT2D eigenvalue weighted by Gasteiger charge is -2.17. The normalized spacial score (nSPS) is 11.9. The number of anilines is 3. The molecule has 0 amide bonds. The van der Waals surface area contributed by atoms with Crippen LogP contribution in [0, 0.1) is 12.3 Å². The van der Waals surface area contributed by atoms with Crippen LogP contribution in [0.4, 0.5) is 17.5 Å². The fraction of sp³-hybridized carbons (Fsp3) is 0.231. The van der Waals surface area contributed by atoms with Gasteiger partial charge in [-0.15, -0.1) is 0 Å². The number of pyridine rings is 1. The van der Waals surface area contributed by atoms with E-state index in [1.165, 1.54) is 0 Å². The first-order valence-electron chi connectivity index (χ1n) is 6.15. The molecule has 20 heavy (non-hydrogen) atoms. The van der Waals surface area contributed by atoms with E-state index < -0.39 is 0 Å². The Morgan fingerprint density at radius 1 is 1.25 bits per heavy atom. The van der Waals surface area contributed by atoms with Crippen LogP contribution in [-0.2, 0) is 0 Å². The van der Waals surface area contributed by atoms with Crippen LogP contribution in [0.15, 0.2) is 18.2 Å². The van der Waals surface area contributed by atoms with E-state index in [2.05, 4.69) is 20.3 Å². The third-order valence-corrected chi connectivity index (χ3v) is 2.82. The van der Waals surface area contributed by atoms with Gasteiger partial charge in [-0.1, -0.05) is 6.07 Å². The lowest BCUT2D eigenvalue weighted by atomic mass is 10.2. The van der Waals surface area contributed by atoms with Crippen molar-refractivity contribution in [2.75, 3.05) is 16.8 Å². The molecule has 0 aliphatic heterocycles. The molecule has 0 aliphatic rings. The average molecular weight is 271 g/mol. The number of nitrogens with zero attached hydrogens (tertiary/aromatic N) is 3. The SMILES string of the molecule is Cc1nc(N)c(C=N)c(NC(C)c2cccc(N)n2)n1. The van der Waals surface area contributed by atoms with Crippen molar-refractivity contribution in [3.05, 3.63) is 35.3 Å². The van der Waals surface area contributed by atoms with Crippen LogP contribution in [0.5, 0.6) is 0 Å². The lowest BCUT2D eigenvalue weighted by molar-refractivity contribution is 0.829. The molecule has 2 aromatic rings. The Morgan fingerprint density at radius 3 is 2.65 bits per heavy atom. The standard InChI is InChI=1S/C13H17N7/c1-7(10-4-3-5-11(15)20-10)17-13-9(6-14)12(16)18-8(2)19-13/h3-7,14H,1-2H3,(H2,15,20)(H3,16,17,18,19). The van der Waals surface area contributed by atoms with Crippen molar-refractivity contribution >= 4 is 23.7 Å². The van der Waals surface area contributed by atoms with Gasteiger partial charge in [0.1, 0.15) is 23.3 Å². The highest BCUT2D eigenvalue weighted by Gasteiger charge is 2.13. The molecule has 104 valence electrons. The number of nitrogens with two attached hydrogens (primary N) is 2. The molecule has 0 fully saturated rings. The van der Waals surface area contributed by atoms with Gasteiger partial charge in [-0.2, -0.15) is 0 Å². The van der Waals surface area contributed by atoms with Gasteiger partial charge < -0.3 is 22.2 Å². The zero-order chi connectivity index (χ0) is 14.7. The van der Waals surface area contributed by atoms with Crippen molar-refractivity contribution < 1.29 is 0 Å². The molecule has 1 unspecified atom stereocenters. The van der Waals surface area contributed by atoms with Gasteiger partial charge in [0.05, 0.1) is 17.3 Å². The van der Waals surface area contributed by atoms with Crippen molar-refractivity contribution in [2.45, 2.75) is 19.9 Å². The molecule has 2 heterocycles. The summed E-state index contributed by atoms with van der Waals surface area (Å²) in [6, 6.07) is 5.32. The zero-order valence-electron chi connectivity index (χ0n) is 11.4. The third-order valence-electron chi connectivity index (χ3n) is 2.82. The summed E-state index contributed by atoms with van der Waals surface area (Å²) in [5, 5.41) is 10.6. The van der Waals surface area contributed by atoms with E-state index >= 15 is 0 Å². The highest BCUT2D eigenvalue weighted by Crippen LogP contribution is 2.22. The summed E-state index contributed by atoms with van der Waals surface area (Å²) in [5.41, 5.74) is 12.7. The largest absolute Gasteiger partial charge is 0.384 e. The summed E-state index contributed by atoms with van der Waals surface area (Å²) in [6.45, 7) is 3.68. The number of aryl methyl sites for hydroxylation is 1. The molecule has 7 nitrogen and oxygen atoms in total. The van der Waals surface area contributed by atoms with E-state index in [1.54, 1.807) is 13.0 Å². The Bertz CT molecular complexity index is 639. The molecule has 0 spiro atoms. The summed E-state index contributed by atoms with van der Waals surface area (Å²) in [6.07, 6.45) is 1.14. The first kappa shape index (κ1) is 13.7. The molecular formula is C13H17N7. The molecular weight excluding hydrogens is 254 g/mol. The van der Waals surface area contributed by atoms with Gasteiger partial charge in [0, 0.05) is 6.21 Å². The first-order chi connectivity index (χ1) is 9.51. The maximum absolute atomic E-state index is 7.42. The number of hydrogen-bond acceptors (Lipinski definition) is 7. The van der Waals surface area contributed by atoms with E-state index in [9.17, 15) is 0 Å². The van der Waals surface area contributed by atoms with Crippen LogP contribution >= 0.6 is 0 Å². The predicted molar refractivity (Wildman–Crippen MR) is 79.8 cm³/mol. The molecule has 2 aromatic heterocycles. The number of nitrogens with one attached hydrogen (secondary N) is 2. The van der Waals surface area contributed by atoms with Crippen molar-refractivity contribution in [2.24, 2.45) is 0 Å². The van der Waals surface area contributed by atoms with Crippen molar-refractivity contribution in [3.8, 4) is 0 Å². The van der Waals surface area contributed by atoms with Crippen molar-refractivity contribution in [3.63, 3.8) is 0 Å². The summed E-state index contributed by atoms with van der Waals surface area (Å²) >= 11 is 0. The Labute approximate surface area is 117 Å². The molecule has 0 aromatic carbocycles. The van der Waals surface area contributed by atoms with Gasteiger partial charge in [-0.25, -0.2) is 15.0 Å². The average Bonchev–Trinajstić information content (AvgIpc) is 2.38. The maximum atomic E-state index is 7.42. The summed E-state index contributed by atoms with van der Waals surface area (Å²) < 4.78 is 0. The van der Waals surface area contributed by atoms with Crippen LogP contribution in [0.2, 0.25) is 0 Å². The van der Waals surface area contributed by atoms with E-state index in [1.807, 2.05) is 19.1 Å². The minimum Gasteiger partial charge on any atom is -0.384 e. The van der Waals surface area contributed by atoms with E-state index in [0.29, 0.717) is 23.0 Å². The third kappa shape index (κ3) is 2.82. The van der Waals surface area contributed by atoms with E-state index in [4.69, 9.17) is 16.9 Å². The summed E-state index contributed by atoms with van der Waals surface area (Å²) in [7, 11) is 0. The van der Waals surface area contributed by atoms with Crippen molar-refractivity contribution in [1.82, 2.24) is 15.0 Å². The fourth-order valence-electron chi connectivity index (χ4n) is 1.84. The van der Waals surface area contributed by atoms with Crippen LogP contribution in [0.1, 0.15) is 30.0 Å². The molecule has 0 aliphatic carbocycles. The van der Waals surface area contributed by atoms with Crippen molar-refractivity contribution in [1.29, 1.82) is 5.41 Å². The maximum Gasteiger partial charge on any atom is 0.141 e. The fourth-order valence-corrected chi connectivity index (χ4v) is 1.84. The van der Waals surface area contributed by atoms with E-state index in [0.717, 1.165) is 11.9 Å². The second-order valence-electron chi connectivity index (χ2n) is 4.42. The lowest BCUT2D eigenvalue weighted by Crippen LogP contribution is -2.14. The number of nitrogen functional groups attached to an aromatic ring is 2. The van der Waals surface area contributed by atoms with Gasteiger partial charge in [0.2, 0.25) is 0 Å². The molecule has 1 atom stereocenters. The molecule has 2 rings (SSSR count). The van der Waals surface area contributed by atoms with Crippen LogP contribution in [-0.4, -0.2) is 21.2 Å². The number of hydrogen-bond donors (Lipinski definition) is 4. The monoisotopic (exact) mass is 271 g/mol.